The number of hydrogen-bond acceptors (Lipinski definition) is 5. The summed E-state index contributed by atoms with van der Waals surface area (Å²) in [5.74, 6) is -0.559. The molecule has 2 aromatic rings. The highest BCUT2D eigenvalue weighted by atomic mass is 32.1. The van der Waals surface area contributed by atoms with E-state index in [1.54, 1.807) is 4.90 Å². The average Bonchev–Trinajstić information content (AvgIpc) is 3.16. The van der Waals surface area contributed by atoms with Crippen molar-refractivity contribution in [3.63, 3.8) is 0 Å². The lowest BCUT2D eigenvalue weighted by molar-refractivity contribution is -0.122. The van der Waals surface area contributed by atoms with Gasteiger partial charge in [0.05, 0.1) is 5.92 Å². The summed E-state index contributed by atoms with van der Waals surface area (Å²) >= 11 is 1.37. The van der Waals surface area contributed by atoms with Crippen LogP contribution >= 0.6 is 11.3 Å². The predicted molar refractivity (Wildman–Crippen MR) is 94.3 cm³/mol. The smallest absolute Gasteiger partial charge is 0.231 e. The number of carbonyl (C=O) groups excluding carboxylic acids is 2. The summed E-state index contributed by atoms with van der Waals surface area (Å²) in [5.41, 5.74) is 3.09. The molecule has 0 saturated carbocycles. The van der Waals surface area contributed by atoms with E-state index in [1.165, 1.54) is 11.3 Å². The topological polar surface area (TPSA) is 75.2 Å². The lowest BCUT2D eigenvalue weighted by atomic mass is 10.1. The molecule has 7 heteroatoms. The van der Waals surface area contributed by atoms with Gasteiger partial charge in [-0.3, -0.25) is 9.59 Å². The number of nitrogens with one attached hydrogen (secondary N) is 1. The SMILES string of the molecule is CCc1nnc(NC(=O)[C@@H]2CC(=O)N(c3cccc(C)c3C)C2)s1. The van der Waals surface area contributed by atoms with Crippen molar-refractivity contribution in [2.45, 2.75) is 33.6 Å². The molecule has 1 atom stereocenters. The maximum Gasteiger partial charge on any atom is 0.231 e. The molecule has 0 aliphatic carbocycles. The Labute approximate surface area is 144 Å². The van der Waals surface area contributed by atoms with Crippen LogP contribution in [0.1, 0.15) is 29.5 Å². The first-order valence-corrected chi connectivity index (χ1v) is 8.81. The maximum absolute atomic E-state index is 12.4. The lowest BCUT2D eigenvalue weighted by Crippen LogP contribution is -2.28. The molecule has 6 nitrogen and oxygen atoms in total. The number of anilines is 2. The van der Waals surface area contributed by atoms with Gasteiger partial charge in [0.25, 0.3) is 0 Å². The number of rotatable bonds is 4. The predicted octanol–water partition coefficient (Wildman–Crippen LogP) is 2.71. The second-order valence-electron chi connectivity index (χ2n) is 5.97. The van der Waals surface area contributed by atoms with Gasteiger partial charge in [0.1, 0.15) is 5.01 Å². The Morgan fingerprint density at radius 2 is 2.17 bits per heavy atom. The first-order chi connectivity index (χ1) is 11.5. The highest BCUT2D eigenvalue weighted by Gasteiger charge is 2.36. The summed E-state index contributed by atoms with van der Waals surface area (Å²) < 4.78 is 0. The molecule has 1 aliphatic heterocycles. The fraction of sp³-hybridized carbons (Fsp3) is 0.412. The van der Waals surface area contributed by atoms with Crippen molar-refractivity contribution in [3.8, 4) is 0 Å². The third kappa shape index (κ3) is 3.17. The first kappa shape index (κ1) is 16.6. The van der Waals surface area contributed by atoms with Gasteiger partial charge in [0.2, 0.25) is 16.9 Å². The summed E-state index contributed by atoms with van der Waals surface area (Å²) in [4.78, 5) is 26.5. The molecular weight excluding hydrogens is 324 g/mol. The summed E-state index contributed by atoms with van der Waals surface area (Å²) in [7, 11) is 0. The van der Waals surface area contributed by atoms with E-state index >= 15 is 0 Å². The number of carbonyl (C=O) groups is 2. The van der Waals surface area contributed by atoms with Crippen molar-refractivity contribution < 1.29 is 9.59 Å². The molecule has 1 aromatic carbocycles. The van der Waals surface area contributed by atoms with Gasteiger partial charge >= 0.3 is 0 Å². The van der Waals surface area contributed by atoms with Crippen LogP contribution in [0.2, 0.25) is 0 Å². The third-order valence-corrected chi connectivity index (χ3v) is 5.35. The first-order valence-electron chi connectivity index (χ1n) is 7.99. The average molecular weight is 344 g/mol. The maximum atomic E-state index is 12.4. The molecule has 1 aromatic heterocycles. The second kappa shape index (κ2) is 6.68. The highest BCUT2D eigenvalue weighted by Crippen LogP contribution is 2.30. The van der Waals surface area contributed by atoms with E-state index in [9.17, 15) is 9.59 Å². The summed E-state index contributed by atoms with van der Waals surface area (Å²) in [6.07, 6.45) is 1.01. The molecule has 1 saturated heterocycles. The number of amides is 2. The van der Waals surface area contributed by atoms with Crippen molar-refractivity contribution in [3.05, 3.63) is 34.3 Å². The Morgan fingerprint density at radius 3 is 2.88 bits per heavy atom. The van der Waals surface area contributed by atoms with Crippen LogP contribution in [0.3, 0.4) is 0 Å². The lowest BCUT2D eigenvalue weighted by Gasteiger charge is -2.20. The fourth-order valence-electron chi connectivity index (χ4n) is 2.80. The highest BCUT2D eigenvalue weighted by molar-refractivity contribution is 7.15. The quantitative estimate of drug-likeness (QED) is 0.925. The third-order valence-electron chi connectivity index (χ3n) is 4.36. The van der Waals surface area contributed by atoms with E-state index in [4.69, 9.17) is 0 Å². The van der Waals surface area contributed by atoms with Crippen molar-refractivity contribution in [2.24, 2.45) is 5.92 Å². The zero-order valence-electron chi connectivity index (χ0n) is 14.0. The van der Waals surface area contributed by atoms with Crippen molar-refractivity contribution in [1.29, 1.82) is 0 Å². The van der Waals surface area contributed by atoms with E-state index in [1.807, 2.05) is 39.0 Å². The molecule has 0 unspecified atom stereocenters. The summed E-state index contributed by atoms with van der Waals surface area (Å²) in [5, 5.41) is 12.1. The molecular formula is C17H20N4O2S. The molecule has 2 heterocycles. The van der Waals surface area contributed by atoms with Gasteiger partial charge in [-0.15, -0.1) is 10.2 Å². The monoisotopic (exact) mass is 344 g/mol. The summed E-state index contributed by atoms with van der Waals surface area (Å²) in [6, 6.07) is 5.88. The van der Waals surface area contributed by atoms with E-state index in [0.29, 0.717) is 11.7 Å². The molecule has 0 bridgehead atoms. The number of hydrogen-bond donors (Lipinski definition) is 1. The fourth-order valence-corrected chi connectivity index (χ4v) is 3.48. The molecule has 24 heavy (non-hydrogen) atoms. The van der Waals surface area contributed by atoms with E-state index < -0.39 is 0 Å². The van der Waals surface area contributed by atoms with E-state index in [0.717, 1.165) is 28.2 Å². The minimum atomic E-state index is -0.369. The van der Waals surface area contributed by atoms with Crippen molar-refractivity contribution >= 4 is 34.0 Å². The Balaban J connectivity index is 1.72. The molecule has 0 radical (unpaired) electrons. The van der Waals surface area contributed by atoms with E-state index in [-0.39, 0.29) is 24.2 Å². The largest absolute Gasteiger partial charge is 0.311 e. The zero-order chi connectivity index (χ0) is 17.3. The molecule has 126 valence electrons. The van der Waals surface area contributed by atoms with Gasteiger partial charge in [-0.25, -0.2) is 0 Å². The molecule has 1 N–H and O–H groups in total. The van der Waals surface area contributed by atoms with Crippen molar-refractivity contribution in [1.82, 2.24) is 10.2 Å². The Morgan fingerprint density at radius 1 is 1.38 bits per heavy atom. The van der Waals surface area contributed by atoms with Crippen LogP contribution in [0, 0.1) is 19.8 Å². The van der Waals surface area contributed by atoms with Crippen molar-refractivity contribution in [2.75, 3.05) is 16.8 Å². The summed E-state index contributed by atoms with van der Waals surface area (Å²) in [6.45, 7) is 6.40. The van der Waals surface area contributed by atoms with Gasteiger partial charge in [-0.1, -0.05) is 30.4 Å². The van der Waals surface area contributed by atoms with Crippen LogP contribution in [0.5, 0.6) is 0 Å². The van der Waals surface area contributed by atoms with Gasteiger partial charge in [-0.2, -0.15) is 0 Å². The van der Waals surface area contributed by atoms with Gasteiger partial charge in [0.15, 0.2) is 0 Å². The van der Waals surface area contributed by atoms with Crippen LogP contribution in [0.15, 0.2) is 18.2 Å². The van der Waals surface area contributed by atoms with Gasteiger partial charge < -0.3 is 10.2 Å². The number of nitrogens with zero attached hydrogens (tertiary/aromatic N) is 3. The Bertz CT molecular complexity index is 787. The number of aromatic nitrogens is 2. The van der Waals surface area contributed by atoms with Crippen LogP contribution in [0.25, 0.3) is 0 Å². The van der Waals surface area contributed by atoms with Crippen LogP contribution in [-0.2, 0) is 16.0 Å². The minimum Gasteiger partial charge on any atom is -0.311 e. The van der Waals surface area contributed by atoms with Gasteiger partial charge in [-0.05, 0) is 37.5 Å². The number of benzene rings is 1. The molecule has 0 spiro atoms. The molecule has 1 aliphatic rings. The molecule has 1 fully saturated rings. The standard InChI is InChI=1S/C17H20N4O2S/c1-4-14-19-20-17(24-14)18-16(23)12-8-15(22)21(9-12)13-7-5-6-10(2)11(13)3/h5-7,12H,4,8-9H2,1-3H3,(H,18,20,23)/t12-/m1/s1. The Kier molecular flexibility index (Phi) is 4.62. The van der Waals surface area contributed by atoms with E-state index in [2.05, 4.69) is 15.5 Å². The van der Waals surface area contributed by atoms with Crippen LogP contribution < -0.4 is 10.2 Å². The minimum absolute atomic E-state index is 0.0182. The second-order valence-corrected chi connectivity index (χ2v) is 7.03. The Hall–Kier alpha value is -2.28. The normalized spacial score (nSPS) is 17.4. The van der Waals surface area contributed by atoms with Gasteiger partial charge in [0, 0.05) is 18.7 Å². The molecule has 2 amide bonds. The van der Waals surface area contributed by atoms with Crippen LogP contribution in [0.4, 0.5) is 10.8 Å². The van der Waals surface area contributed by atoms with Crippen LogP contribution in [-0.4, -0.2) is 28.6 Å². The molecule has 3 rings (SSSR count). The number of aryl methyl sites for hydroxylation is 2. The zero-order valence-corrected chi connectivity index (χ0v) is 14.8.